The summed E-state index contributed by atoms with van der Waals surface area (Å²) in [4.78, 5) is 3.80. The largest absolute Gasteiger partial charge is 0.380 e. The Bertz CT molecular complexity index is 1250. The molecule has 2 aromatic carbocycles. The quantitative estimate of drug-likeness (QED) is 0.399. The van der Waals surface area contributed by atoms with Gasteiger partial charge in [-0.15, -0.1) is 0 Å². The van der Waals surface area contributed by atoms with Crippen molar-refractivity contribution in [1.82, 2.24) is 19.9 Å². The topological polar surface area (TPSA) is 86.2 Å². The Morgan fingerprint density at radius 3 is 2.45 bits per heavy atom. The molecule has 1 N–H and O–H groups in total. The van der Waals surface area contributed by atoms with E-state index in [0.717, 1.165) is 24.3 Å². The molecule has 2 atom stereocenters. The van der Waals surface area contributed by atoms with Crippen LogP contribution in [-0.2, 0) is 23.5 Å². The summed E-state index contributed by atoms with van der Waals surface area (Å²) in [6, 6.07) is 7.26. The molecule has 0 aliphatic carbocycles. The highest BCUT2D eigenvalue weighted by atomic mass is 19.1. The van der Waals surface area contributed by atoms with E-state index in [4.69, 9.17) is 9.26 Å². The molecule has 4 rings (SSSR count). The Balaban J connectivity index is 1.55. The highest BCUT2D eigenvalue weighted by Gasteiger charge is 2.40. The molecule has 0 aliphatic heterocycles. The third-order valence-electron chi connectivity index (χ3n) is 5.18. The van der Waals surface area contributed by atoms with Crippen LogP contribution in [0.15, 0.2) is 59.6 Å². The van der Waals surface area contributed by atoms with Crippen LogP contribution in [0, 0.1) is 23.3 Å². The summed E-state index contributed by atoms with van der Waals surface area (Å²) < 4.78 is 67.3. The lowest BCUT2D eigenvalue weighted by atomic mass is 9.88. The molecule has 0 radical (unpaired) electrons. The van der Waals surface area contributed by atoms with Crippen LogP contribution in [0.25, 0.3) is 11.3 Å². The predicted octanol–water partition coefficient (Wildman–Crippen LogP) is 3.98. The molecule has 7 nitrogen and oxygen atoms in total. The minimum atomic E-state index is -1.96. The minimum absolute atomic E-state index is 0.0375. The van der Waals surface area contributed by atoms with E-state index in [-0.39, 0.29) is 35.7 Å². The average molecular weight is 462 g/mol. The van der Waals surface area contributed by atoms with Gasteiger partial charge in [0.25, 0.3) is 0 Å². The second kappa shape index (κ2) is 9.12. The van der Waals surface area contributed by atoms with Crippen LogP contribution < -0.4 is 0 Å². The van der Waals surface area contributed by atoms with Crippen molar-refractivity contribution < 1.29 is 31.9 Å². The van der Waals surface area contributed by atoms with Gasteiger partial charge >= 0.3 is 0 Å². The summed E-state index contributed by atoms with van der Waals surface area (Å²) in [6.07, 6.45) is 1.54. The molecule has 0 fully saturated rings. The smallest absolute Gasteiger partial charge is 0.163 e. The molecule has 0 amide bonds. The van der Waals surface area contributed by atoms with Crippen molar-refractivity contribution in [3.8, 4) is 11.3 Å². The number of nitrogens with zero attached hydrogens (tertiary/aromatic N) is 4. The standard InChI is InChI=1S/C22H18F4N4O3/c1-13(32-9-16-8-21(29-33-16)17-4-2-14(23)6-19(17)25)22(31,10-30-12-27-11-28-30)18-5-3-15(24)7-20(18)26/h2-8,11-13,31H,9-10H2,1H3/t13-,22?/m1/s1. The summed E-state index contributed by atoms with van der Waals surface area (Å²) in [5.74, 6) is -3.10. The van der Waals surface area contributed by atoms with Gasteiger partial charge in [0.05, 0.1) is 12.6 Å². The van der Waals surface area contributed by atoms with E-state index in [0.29, 0.717) is 6.07 Å². The molecule has 0 aliphatic rings. The first kappa shape index (κ1) is 22.6. The van der Waals surface area contributed by atoms with Crippen LogP contribution in [0.1, 0.15) is 18.2 Å². The van der Waals surface area contributed by atoms with Gasteiger partial charge in [0.2, 0.25) is 0 Å². The highest BCUT2D eigenvalue weighted by Crippen LogP contribution is 2.32. The summed E-state index contributed by atoms with van der Waals surface area (Å²) in [5, 5.41) is 19.1. The minimum Gasteiger partial charge on any atom is -0.380 e. The summed E-state index contributed by atoms with van der Waals surface area (Å²) in [5.41, 5.74) is -1.99. The lowest BCUT2D eigenvalue weighted by Gasteiger charge is -2.34. The van der Waals surface area contributed by atoms with Crippen LogP contribution >= 0.6 is 0 Å². The number of rotatable bonds is 8. The first-order valence-electron chi connectivity index (χ1n) is 9.79. The Hall–Kier alpha value is -3.57. The van der Waals surface area contributed by atoms with Crippen molar-refractivity contribution in [3.63, 3.8) is 0 Å². The van der Waals surface area contributed by atoms with Gasteiger partial charge < -0.3 is 14.4 Å². The average Bonchev–Trinajstić information content (AvgIpc) is 3.44. The van der Waals surface area contributed by atoms with E-state index >= 15 is 0 Å². The van der Waals surface area contributed by atoms with E-state index in [1.165, 1.54) is 36.4 Å². The molecular weight excluding hydrogens is 444 g/mol. The van der Waals surface area contributed by atoms with E-state index < -0.39 is 35.0 Å². The number of benzene rings is 2. The first-order valence-corrected chi connectivity index (χ1v) is 9.79. The van der Waals surface area contributed by atoms with E-state index in [1.54, 1.807) is 0 Å². The van der Waals surface area contributed by atoms with Crippen LogP contribution in [-0.4, -0.2) is 31.1 Å². The van der Waals surface area contributed by atoms with Crippen molar-refractivity contribution in [2.45, 2.75) is 31.8 Å². The molecule has 2 aromatic heterocycles. The van der Waals surface area contributed by atoms with Gasteiger partial charge in [-0.25, -0.2) is 27.2 Å². The monoisotopic (exact) mass is 462 g/mol. The predicted molar refractivity (Wildman–Crippen MR) is 106 cm³/mol. The fraction of sp³-hybridized carbons (Fsp3) is 0.227. The van der Waals surface area contributed by atoms with Gasteiger partial charge in [0, 0.05) is 29.3 Å². The van der Waals surface area contributed by atoms with Gasteiger partial charge in [-0.1, -0.05) is 11.2 Å². The summed E-state index contributed by atoms with van der Waals surface area (Å²) in [6.45, 7) is 1.05. The van der Waals surface area contributed by atoms with E-state index in [2.05, 4.69) is 15.2 Å². The lowest BCUT2D eigenvalue weighted by Crippen LogP contribution is -2.44. The van der Waals surface area contributed by atoms with Crippen LogP contribution in [0.4, 0.5) is 17.6 Å². The Kier molecular flexibility index (Phi) is 6.25. The van der Waals surface area contributed by atoms with Gasteiger partial charge in [0.15, 0.2) is 5.76 Å². The maximum atomic E-state index is 14.6. The molecule has 33 heavy (non-hydrogen) atoms. The highest BCUT2D eigenvalue weighted by molar-refractivity contribution is 5.59. The number of halogens is 4. The molecule has 0 spiro atoms. The number of hydrogen-bond acceptors (Lipinski definition) is 6. The molecule has 0 saturated heterocycles. The number of hydrogen-bond donors (Lipinski definition) is 1. The lowest BCUT2D eigenvalue weighted by molar-refractivity contribution is -0.126. The van der Waals surface area contributed by atoms with Crippen LogP contribution in [0.2, 0.25) is 0 Å². The third-order valence-corrected chi connectivity index (χ3v) is 5.18. The molecule has 0 bridgehead atoms. The fourth-order valence-electron chi connectivity index (χ4n) is 3.38. The Morgan fingerprint density at radius 1 is 1.06 bits per heavy atom. The fourth-order valence-corrected chi connectivity index (χ4v) is 3.38. The maximum Gasteiger partial charge on any atom is 0.163 e. The Morgan fingerprint density at radius 2 is 1.79 bits per heavy atom. The van der Waals surface area contributed by atoms with Crippen molar-refractivity contribution in [2.24, 2.45) is 0 Å². The van der Waals surface area contributed by atoms with Gasteiger partial charge in [-0.3, -0.25) is 0 Å². The van der Waals surface area contributed by atoms with Gasteiger partial charge in [-0.2, -0.15) is 5.10 Å². The molecule has 4 aromatic rings. The SMILES string of the molecule is C[C@@H](OCc1cc(-c2ccc(F)cc2F)no1)C(O)(Cn1cncn1)c1ccc(F)cc1F. The van der Waals surface area contributed by atoms with Crippen molar-refractivity contribution >= 4 is 0 Å². The van der Waals surface area contributed by atoms with E-state index in [9.17, 15) is 22.7 Å². The van der Waals surface area contributed by atoms with Crippen molar-refractivity contribution in [3.05, 3.63) is 89.7 Å². The summed E-state index contributed by atoms with van der Waals surface area (Å²) in [7, 11) is 0. The Labute approximate surface area is 185 Å². The molecular formula is C22H18F4N4O3. The second-order valence-electron chi connectivity index (χ2n) is 7.40. The number of aromatic nitrogens is 4. The second-order valence-corrected chi connectivity index (χ2v) is 7.40. The zero-order chi connectivity index (χ0) is 23.6. The van der Waals surface area contributed by atoms with Crippen molar-refractivity contribution in [1.29, 1.82) is 0 Å². The first-order chi connectivity index (χ1) is 15.8. The van der Waals surface area contributed by atoms with Crippen molar-refractivity contribution in [2.75, 3.05) is 0 Å². The molecule has 172 valence electrons. The molecule has 1 unspecified atom stereocenters. The third kappa shape index (κ3) is 4.78. The van der Waals surface area contributed by atoms with E-state index in [1.807, 2.05) is 0 Å². The van der Waals surface area contributed by atoms with Gasteiger partial charge in [0.1, 0.15) is 53.8 Å². The maximum absolute atomic E-state index is 14.6. The van der Waals surface area contributed by atoms with Gasteiger partial charge in [-0.05, 0) is 25.1 Å². The number of aliphatic hydroxyl groups is 1. The normalized spacial score (nSPS) is 14.2. The number of ether oxygens (including phenoxy) is 1. The van der Waals surface area contributed by atoms with Crippen LogP contribution in [0.3, 0.4) is 0 Å². The van der Waals surface area contributed by atoms with Crippen LogP contribution in [0.5, 0.6) is 0 Å². The molecule has 0 saturated carbocycles. The molecule has 2 heterocycles. The summed E-state index contributed by atoms with van der Waals surface area (Å²) >= 11 is 0. The zero-order valence-corrected chi connectivity index (χ0v) is 17.3. The zero-order valence-electron chi connectivity index (χ0n) is 17.3. The molecule has 11 heteroatoms.